The zero-order chi connectivity index (χ0) is 10.6. The molecule has 2 unspecified atom stereocenters. The molecule has 1 N–H and O–H groups in total. The number of hydrogen-bond acceptors (Lipinski definition) is 3. The summed E-state index contributed by atoms with van der Waals surface area (Å²) in [5.74, 6) is -0.0776. The second-order valence-electron chi connectivity index (χ2n) is 3.16. The summed E-state index contributed by atoms with van der Waals surface area (Å²) in [4.78, 5) is 11.4. The first-order valence-electron chi connectivity index (χ1n) is 4.50. The smallest absolute Gasteiger partial charge is 0.249 e. The van der Waals surface area contributed by atoms with Gasteiger partial charge < -0.3 is 10.1 Å². The normalized spacial score (nSPS) is 14.8. The molecule has 0 saturated carbocycles. The number of carbonyl (C=O) groups is 1. The third-order valence-corrected chi connectivity index (χ3v) is 2.83. The first-order valence-corrected chi connectivity index (χ1v) is 5.44. The van der Waals surface area contributed by atoms with Crippen molar-refractivity contribution in [3.63, 3.8) is 0 Å². The van der Waals surface area contributed by atoms with E-state index in [0.717, 1.165) is 5.56 Å². The fourth-order valence-electron chi connectivity index (χ4n) is 1.04. The molecule has 0 aliphatic rings. The van der Waals surface area contributed by atoms with E-state index in [1.54, 1.807) is 18.3 Å². The summed E-state index contributed by atoms with van der Waals surface area (Å²) in [6.45, 7) is 3.69. The molecule has 1 heterocycles. The third-order valence-electron chi connectivity index (χ3n) is 2.12. The summed E-state index contributed by atoms with van der Waals surface area (Å²) in [5, 5.41) is 6.90. The van der Waals surface area contributed by atoms with Crippen LogP contribution >= 0.6 is 11.3 Å². The van der Waals surface area contributed by atoms with E-state index >= 15 is 0 Å². The Hall–Kier alpha value is -0.870. The van der Waals surface area contributed by atoms with Gasteiger partial charge in [0.05, 0.1) is 6.04 Å². The minimum Gasteiger partial charge on any atom is -0.372 e. The van der Waals surface area contributed by atoms with Gasteiger partial charge >= 0.3 is 0 Å². The lowest BCUT2D eigenvalue weighted by atomic mass is 10.2. The van der Waals surface area contributed by atoms with Gasteiger partial charge in [0.1, 0.15) is 6.10 Å². The van der Waals surface area contributed by atoms with Gasteiger partial charge in [0.2, 0.25) is 5.91 Å². The molecule has 0 aromatic carbocycles. The van der Waals surface area contributed by atoms with Gasteiger partial charge in [-0.2, -0.15) is 11.3 Å². The maximum atomic E-state index is 11.4. The van der Waals surface area contributed by atoms with Crippen molar-refractivity contribution in [3.8, 4) is 0 Å². The Labute approximate surface area is 88.1 Å². The van der Waals surface area contributed by atoms with Crippen LogP contribution in [0.25, 0.3) is 0 Å². The van der Waals surface area contributed by atoms with Crippen LogP contribution in [0.5, 0.6) is 0 Å². The largest absolute Gasteiger partial charge is 0.372 e. The van der Waals surface area contributed by atoms with Crippen molar-refractivity contribution in [2.75, 3.05) is 7.11 Å². The van der Waals surface area contributed by atoms with Gasteiger partial charge in [-0.3, -0.25) is 4.79 Å². The predicted molar refractivity (Wildman–Crippen MR) is 57.3 cm³/mol. The molecule has 78 valence electrons. The summed E-state index contributed by atoms with van der Waals surface area (Å²) < 4.78 is 4.92. The van der Waals surface area contributed by atoms with E-state index in [0.29, 0.717) is 0 Å². The number of thiophene rings is 1. The molecule has 0 radical (unpaired) electrons. The Morgan fingerprint density at radius 2 is 2.29 bits per heavy atom. The molecule has 0 aliphatic carbocycles. The second-order valence-corrected chi connectivity index (χ2v) is 3.94. The van der Waals surface area contributed by atoms with E-state index in [4.69, 9.17) is 4.74 Å². The third kappa shape index (κ3) is 2.82. The summed E-state index contributed by atoms with van der Waals surface area (Å²) in [6.07, 6.45) is -0.393. The molecule has 1 aromatic heterocycles. The Kier molecular flexibility index (Phi) is 4.10. The van der Waals surface area contributed by atoms with E-state index in [1.165, 1.54) is 7.11 Å². The lowest BCUT2D eigenvalue weighted by Crippen LogP contribution is -2.35. The number of hydrogen-bond donors (Lipinski definition) is 1. The van der Waals surface area contributed by atoms with E-state index in [2.05, 4.69) is 5.32 Å². The lowest BCUT2D eigenvalue weighted by molar-refractivity contribution is -0.130. The average molecular weight is 213 g/mol. The van der Waals surface area contributed by atoms with E-state index < -0.39 is 6.10 Å². The van der Waals surface area contributed by atoms with Crippen LogP contribution in [0.15, 0.2) is 16.8 Å². The Balaban J connectivity index is 2.49. The highest BCUT2D eigenvalue weighted by Gasteiger charge is 2.15. The maximum absolute atomic E-state index is 11.4. The van der Waals surface area contributed by atoms with Crippen LogP contribution in [0.4, 0.5) is 0 Å². The molecular formula is C10H15NO2S. The van der Waals surface area contributed by atoms with Crippen LogP contribution in [0.2, 0.25) is 0 Å². The first kappa shape index (κ1) is 11.2. The van der Waals surface area contributed by atoms with E-state index in [1.807, 2.05) is 23.8 Å². The zero-order valence-electron chi connectivity index (χ0n) is 8.61. The molecule has 0 fully saturated rings. The number of methoxy groups -OCH3 is 1. The number of rotatable bonds is 4. The highest BCUT2D eigenvalue weighted by molar-refractivity contribution is 7.07. The minimum atomic E-state index is -0.393. The molecule has 1 rings (SSSR count). The molecule has 3 nitrogen and oxygen atoms in total. The van der Waals surface area contributed by atoms with Crippen LogP contribution < -0.4 is 5.32 Å². The van der Waals surface area contributed by atoms with E-state index in [-0.39, 0.29) is 11.9 Å². The van der Waals surface area contributed by atoms with Crippen molar-refractivity contribution in [2.24, 2.45) is 0 Å². The Bertz CT molecular complexity index is 284. The summed E-state index contributed by atoms with van der Waals surface area (Å²) >= 11 is 1.63. The number of amides is 1. The molecule has 0 aliphatic heterocycles. The van der Waals surface area contributed by atoms with Crippen molar-refractivity contribution in [1.82, 2.24) is 5.32 Å². The lowest BCUT2D eigenvalue weighted by Gasteiger charge is -2.15. The first-order chi connectivity index (χ1) is 6.65. The highest BCUT2D eigenvalue weighted by Crippen LogP contribution is 2.15. The number of carbonyl (C=O) groups excluding carboxylic acids is 1. The summed E-state index contributed by atoms with van der Waals surface area (Å²) in [6, 6.07) is 2.05. The SMILES string of the molecule is COC(C)C(=O)NC(C)c1ccsc1. The molecule has 1 amide bonds. The number of ether oxygens (including phenoxy) is 1. The number of nitrogens with one attached hydrogen (secondary N) is 1. The van der Waals surface area contributed by atoms with Crippen molar-refractivity contribution >= 4 is 17.2 Å². The second kappa shape index (κ2) is 5.12. The van der Waals surface area contributed by atoms with Crippen molar-refractivity contribution in [1.29, 1.82) is 0 Å². The van der Waals surface area contributed by atoms with Crippen LogP contribution in [0, 0.1) is 0 Å². The fraction of sp³-hybridized carbons (Fsp3) is 0.500. The molecule has 4 heteroatoms. The Morgan fingerprint density at radius 1 is 1.57 bits per heavy atom. The standard InChI is InChI=1S/C10H15NO2S/c1-7(9-4-5-14-6-9)11-10(12)8(2)13-3/h4-8H,1-3H3,(H,11,12). The highest BCUT2D eigenvalue weighted by atomic mass is 32.1. The minimum absolute atomic E-state index is 0.0475. The van der Waals surface area contributed by atoms with Crippen LogP contribution in [0.3, 0.4) is 0 Å². The van der Waals surface area contributed by atoms with Gasteiger partial charge in [-0.05, 0) is 36.2 Å². The zero-order valence-corrected chi connectivity index (χ0v) is 9.43. The molecular weight excluding hydrogens is 198 g/mol. The van der Waals surface area contributed by atoms with Crippen LogP contribution in [-0.4, -0.2) is 19.1 Å². The average Bonchev–Trinajstić information content (AvgIpc) is 2.69. The van der Waals surface area contributed by atoms with Gasteiger partial charge in [-0.25, -0.2) is 0 Å². The van der Waals surface area contributed by atoms with Crippen LogP contribution in [-0.2, 0) is 9.53 Å². The molecule has 1 aromatic rings. The molecule has 0 saturated heterocycles. The molecule has 0 spiro atoms. The van der Waals surface area contributed by atoms with Gasteiger partial charge in [-0.1, -0.05) is 0 Å². The van der Waals surface area contributed by atoms with E-state index in [9.17, 15) is 4.79 Å². The van der Waals surface area contributed by atoms with Crippen LogP contribution in [0.1, 0.15) is 25.5 Å². The summed E-state index contributed by atoms with van der Waals surface area (Å²) in [5.41, 5.74) is 1.13. The molecule has 2 atom stereocenters. The quantitative estimate of drug-likeness (QED) is 0.830. The monoisotopic (exact) mass is 213 g/mol. The predicted octanol–water partition coefficient (Wildman–Crippen LogP) is 1.96. The maximum Gasteiger partial charge on any atom is 0.249 e. The Morgan fingerprint density at radius 3 is 2.79 bits per heavy atom. The van der Waals surface area contributed by atoms with Gasteiger partial charge in [0.25, 0.3) is 0 Å². The topological polar surface area (TPSA) is 38.3 Å². The van der Waals surface area contributed by atoms with Gasteiger partial charge in [0, 0.05) is 7.11 Å². The molecule has 0 bridgehead atoms. The van der Waals surface area contributed by atoms with Crippen molar-refractivity contribution in [3.05, 3.63) is 22.4 Å². The summed E-state index contributed by atoms with van der Waals surface area (Å²) in [7, 11) is 1.53. The van der Waals surface area contributed by atoms with Gasteiger partial charge in [-0.15, -0.1) is 0 Å². The van der Waals surface area contributed by atoms with Crippen molar-refractivity contribution < 1.29 is 9.53 Å². The molecule has 14 heavy (non-hydrogen) atoms. The van der Waals surface area contributed by atoms with Crippen molar-refractivity contribution in [2.45, 2.75) is 26.0 Å². The van der Waals surface area contributed by atoms with Gasteiger partial charge in [0.15, 0.2) is 0 Å². The fourth-order valence-corrected chi connectivity index (χ4v) is 1.80.